The maximum atomic E-state index is 6.25. The third-order valence-electron chi connectivity index (χ3n) is 4.30. The number of hydrogen-bond acceptors (Lipinski definition) is 2. The first-order chi connectivity index (χ1) is 10.6. The highest BCUT2D eigenvalue weighted by molar-refractivity contribution is 14.0. The van der Waals surface area contributed by atoms with Gasteiger partial charge in [-0.15, -0.1) is 24.0 Å². The van der Waals surface area contributed by atoms with Gasteiger partial charge in [0.1, 0.15) is 12.4 Å². The van der Waals surface area contributed by atoms with Crippen LogP contribution in [0.15, 0.2) is 23.2 Å². The normalized spacial score (nSPS) is 19.0. The van der Waals surface area contributed by atoms with E-state index in [1.54, 1.807) is 0 Å². The van der Waals surface area contributed by atoms with Crippen LogP contribution >= 0.6 is 35.6 Å². The van der Waals surface area contributed by atoms with Crippen molar-refractivity contribution in [3.8, 4) is 0 Å². The summed E-state index contributed by atoms with van der Waals surface area (Å²) in [4.78, 5) is 11.3. The van der Waals surface area contributed by atoms with E-state index in [-0.39, 0.29) is 24.0 Å². The number of nitrogens with zero attached hydrogens (tertiary/aromatic N) is 4. The number of aromatic nitrogens is 2. The third kappa shape index (κ3) is 3.91. The van der Waals surface area contributed by atoms with Crippen LogP contribution < -0.4 is 5.73 Å². The summed E-state index contributed by atoms with van der Waals surface area (Å²) < 4.78 is 1.99. The first-order valence-corrected chi connectivity index (χ1v) is 8.08. The minimum Gasteiger partial charge on any atom is -0.370 e. The smallest absolute Gasteiger partial charge is 0.191 e. The Bertz CT molecular complexity index is 712. The average Bonchev–Trinajstić information content (AvgIpc) is 2.82. The van der Waals surface area contributed by atoms with Gasteiger partial charge in [-0.25, -0.2) is 9.98 Å². The second-order valence-corrected chi connectivity index (χ2v) is 6.47. The lowest BCUT2D eigenvalue weighted by Crippen LogP contribution is -2.43. The molecule has 1 aromatic heterocycles. The van der Waals surface area contributed by atoms with Gasteiger partial charge < -0.3 is 15.2 Å². The summed E-state index contributed by atoms with van der Waals surface area (Å²) in [5.41, 5.74) is 7.98. The summed E-state index contributed by atoms with van der Waals surface area (Å²) in [6.45, 7) is 4.71. The van der Waals surface area contributed by atoms with E-state index in [1.807, 2.05) is 29.8 Å². The molecule has 1 atom stereocenters. The predicted octanol–water partition coefficient (Wildman–Crippen LogP) is 3.39. The van der Waals surface area contributed by atoms with E-state index < -0.39 is 0 Å². The van der Waals surface area contributed by atoms with Gasteiger partial charge in [-0.05, 0) is 30.9 Å². The van der Waals surface area contributed by atoms with Crippen molar-refractivity contribution >= 4 is 52.6 Å². The van der Waals surface area contributed by atoms with Crippen LogP contribution in [-0.2, 0) is 13.6 Å². The molecule has 0 amide bonds. The zero-order valence-corrected chi connectivity index (χ0v) is 16.6. The lowest BCUT2D eigenvalue weighted by Gasteiger charge is -2.31. The van der Waals surface area contributed by atoms with Gasteiger partial charge in [-0.3, -0.25) is 0 Å². The number of imidazole rings is 1. The van der Waals surface area contributed by atoms with Gasteiger partial charge in [0, 0.05) is 20.1 Å². The Morgan fingerprint density at radius 2 is 2.26 bits per heavy atom. The molecule has 2 N–H and O–H groups in total. The number of likely N-dealkylation sites (tertiary alicyclic amines) is 1. The van der Waals surface area contributed by atoms with Crippen molar-refractivity contribution in [1.29, 1.82) is 0 Å². The fourth-order valence-electron chi connectivity index (χ4n) is 3.06. The van der Waals surface area contributed by atoms with Gasteiger partial charge >= 0.3 is 0 Å². The molecular formula is C16H23ClIN5. The summed E-state index contributed by atoms with van der Waals surface area (Å²) in [5.74, 6) is 2.16. The van der Waals surface area contributed by atoms with Crippen molar-refractivity contribution in [3.63, 3.8) is 0 Å². The van der Waals surface area contributed by atoms with Gasteiger partial charge in [0.15, 0.2) is 5.96 Å². The highest BCUT2D eigenvalue weighted by Crippen LogP contribution is 2.23. The molecule has 1 aliphatic heterocycles. The Hall–Kier alpha value is -1.02. The molecule has 1 aliphatic rings. The Labute approximate surface area is 158 Å². The van der Waals surface area contributed by atoms with Crippen molar-refractivity contribution in [2.75, 3.05) is 13.1 Å². The lowest BCUT2D eigenvalue weighted by atomic mass is 10.0. The zero-order valence-electron chi connectivity index (χ0n) is 13.5. The minimum atomic E-state index is 0. The topological polar surface area (TPSA) is 59.4 Å². The number of nitrogens with two attached hydrogens (primary N) is 1. The van der Waals surface area contributed by atoms with Crippen molar-refractivity contribution < 1.29 is 0 Å². The number of benzene rings is 1. The van der Waals surface area contributed by atoms with Crippen LogP contribution in [0.2, 0.25) is 5.02 Å². The molecule has 1 unspecified atom stereocenters. The summed E-state index contributed by atoms with van der Waals surface area (Å²) in [6, 6.07) is 5.75. The molecule has 5 nitrogen and oxygen atoms in total. The van der Waals surface area contributed by atoms with Crippen molar-refractivity contribution in [3.05, 3.63) is 29.0 Å². The molecule has 2 aromatic rings. The molecule has 2 heterocycles. The molecule has 1 aromatic carbocycles. The van der Waals surface area contributed by atoms with Crippen molar-refractivity contribution in [1.82, 2.24) is 14.5 Å². The van der Waals surface area contributed by atoms with E-state index in [4.69, 9.17) is 17.3 Å². The molecule has 0 radical (unpaired) electrons. The molecule has 0 spiro atoms. The second-order valence-electron chi connectivity index (χ2n) is 6.06. The number of aryl methyl sites for hydroxylation is 1. The fourth-order valence-corrected chi connectivity index (χ4v) is 3.36. The number of fused-ring (bicyclic) bond motifs is 1. The zero-order chi connectivity index (χ0) is 15.7. The van der Waals surface area contributed by atoms with Crippen LogP contribution in [0, 0.1) is 5.92 Å². The molecule has 0 saturated carbocycles. The first-order valence-electron chi connectivity index (χ1n) is 7.71. The molecule has 0 aliphatic carbocycles. The number of aliphatic imine (C=N–C) groups is 1. The van der Waals surface area contributed by atoms with Gasteiger partial charge in [0.2, 0.25) is 0 Å². The SMILES string of the molecule is CC1CCCN(C(N)=NCc2nc3cccc(Cl)c3n2C)C1.I. The monoisotopic (exact) mass is 447 g/mol. The molecule has 3 rings (SSSR count). The fraction of sp³-hybridized carbons (Fsp3) is 0.500. The molecule has 7 heteroatoms. The van der Waals surface area contributed by atoms with Crippen molar-refractivity contribution in [2.24, 2.45) is 23.7 Å². The van der Waals surface area contributed by atoms with Gasteiger partial charge in [0.05, 0.1) is 16.1 Å². The minimum absolute atomic E-state index is 0. The highest BCUT2D eigenvalue weighted by Gasteiger charge is 2.18. The maximum Gasteiger partial charge on any atom is 0.191 e. The summed E-state index contributed by atoms with van der Waals surface area (Å²) in [6.07, 6.45) is 2.45. The Kier molecular flexibility index (Phi) is 6.13. The van der Waals surface area contributed by atoms with E-state index in [0.717, 1.165) is 29.9 Å². The third-order valence-corrected chi connectivity index (χ3v) is 4.61. The second kappa shape index (κ2) is 7.70. The maximum absolute atomic E-state index is 6.25. The van der Waals surface area contributed by atoms with E-state index in [1.165, 1.54) is 12.8 Å². The number of hydrogen-bond donors (Lipinski definition) is 1. The van der Waals surface area contributed by atoms with Crippen LogP contribution in [0.4, 0.5) is 0 Å². The Balaban J connectivity index is 0.00000192. The van der Waals surface area contributed by atoms with Crippen LogP contribution in [0.3, 0.4) is 0 Å². The average molecular weight is 448 g/mol. The molecule has 126 valence electrons. The van der Waals surface area contributed by atoms with E-state index in [2.05, 4.69) is 21.8 Å². The molecule has 1 fully saturated rings. The van der Waals surface area contributed by atoms with Crippen LogP contribution in [-0.4, -0.2) is 33.5 Å². The standard InChI is InChI=1S/C16H22ClN5.HI/c1-11-5-4-8-22(10-11)16(18)19-9-14-20-13-7-3-6-12(17)15(13)21(14)2;/h3,6-7,11H,4-5,8-10H2,1-2H3,(H2,18,19);1H. The largest absolute Gasteiger partial charge is 0.370 e. The van der Waals surface area contributed by atoms with Crippen LogP contribution in [0.1, 0.15) is 25.6 Å². The van der Waals surface area contributed by atoms with E-state index >= 15 is 0 Å². The van der Waals surface area contributed by atoms with Gasteiger partial charge in [-0.1, -0.05) is 24.6 Å². The summed E-state index contributed by atoms with van der Waals surface area (Å²) in [7, 11) is 1.96. The van der Waals surface area contributed by atoms with Crippen LogP contribution in [0.25, 0.3) is 11.0 Å². The van der Waals surface area contributed by atoms with Crippen LogP contribution in [0.5, 0.6) is 0 Å². The molecule has 23 heavy (non-hydrogen) atoms. The number of para-hydroxylation sites is 1. The van der Waals surface area contributed by atoms with Crippen molar-refractivity contribution in [2.45, 2.75) is 26.3 Å². The molecular weight excluding hydrogens is 425 g/mol. The van der Waals surface area contributed by atoms with E-state index in [9.17, 15) is 0 Å². The molecule has 1 saturated heterocycles. The number of piperidine rings is 1. The first kappa shape index (κ1) is 18.3. The predicted molar refractivity (Wildman–Crippen MR) is 106 cm³/mol. The lowest BCUT2D eigenvalue weighted by molar-refractivity contribution is 0.270. The Morgan fingerprint density at radius 3 is 2.96 bits per heavy atom. The summed E-state index contributed by atoms with van der Waals surface area (Å²) >= 11 is 6.25. The Morgan fingerprint density at radius 1 is 1.48 bits per heavy atom. The number of rotatable bonds is 2. The molecule has 0 bridgehead atoms. The highest BCUT2D eigenvalue weighted by atomic mass is 127. The van der Waals surface area contributed by atoms with E-state index in [0.29, 0.717) is 23.4 Å². The van der Waals surface area contributed by atoms with Gasteiger partial charge in [0.25, 0.3) is 0 Å². The number of guanidine groups is 1. The quantitative estimate of drug-likeness (QED) is 0.436. The number of halogens is 2. The van der Waals surface area contributed by atoms with Gasteiger partial charge in [-0.2, -0.15) is 0 Å². The summed E-state index contributed by atoms with van der Waals surface area (Å²) in [5, 5.41) is 0.709.